The van der Waals surface area contributed by atoms with Gasteiger partial charge in [0, 0.05) is 5.78 Å². The predicted molar refractivity (Wildman–Crippen MR) is 93.1 cm³/mol. The van der Waals surface area contributed by atoms with E-state index in [1.54, 1.807) is 25.1 Å². The Bertz CT molecular complexity index is 707. The van der Waals surface area contributed by atoms with Crippen LogP contribution in [0.4, 0.5) is 0 Å². The Morgan fingerprint density at radius 2 is 1.83 bits per heavy atom. The van der Waals surface area contributed by atoms with E-state index in [4.69, 9.17) is 16.3 Å². The second kappa shape index (κ2) is 9.86. The molecule has 2 aromatic carbocycles. The molecule has 2 aromatic rings. The molecular weight excluding hydrogens is 339 g/mol. The molecule has 0 aliphatic heterocycles. The molecule has 0 aromatic heterocycles. The Morgan fingerprint density at radius 3 is 2.46 bits per heavy atom. The Balaban J connectivity index is 0.00000288. The molecule has 0 aliphatic carbocycles. The van der Waals surface area contributed by atoms with Gasteiger partial charge in [0.05, 0.1) is 6.61 Å². The van der Waals surface area contributed by atoms with E-state index in [1.807, 2.05) is 30.3 Å². The van der Waals surface area contributed by atoms with Gasteiger partial charge in [-0.2, -0.15) is 0 Å². The van der Waals surface area contributed by atoms with E-state index < -0.39 is 11.8 Å². The SMILES string of the molecule is CCOC(=O)[C-](Cc1ccccc1)C(=O)c1cc(S)ccc1Cl.[Li+]. The first kappa shape index (κ1) is 20.7. The van der Waals surface area contributed by atoms with Gasteiger partial charge in [0.15, 0.2) is 0 Å². The normalized spacial score (nSPS) is 9.79. The molecule has 0 unspecified atom stereocenters. The number of benzene rings is 2. The number of ketones is 1. The van der Waals surface area contributed by atoms with Crippen LogP contribution in [0, 0.1) is 5.92 Å². The third kappa shape index (κ3) is 5.36. The third-order valence-electron chi connectivity index (χ3n) is 3.21. The zero-order chi connectivity index (χ0) is 16.8. The number of hydrogen-bond donors (Lipinski definition) is 1. The summed E-state index contributed by atoms with van der Waals surface area (Å²) < 4.78 is 5.03. The van der Waals surface area contributed by atoms with Crippen molar-refractivity contribution in [3.05, 3.63) is 70.6 Å². The molecule has 0 N–H and O–H groups in total. The van der Waals surface area contributed by atoms with Crippen LogP contribution < -0.4 is 18.9 Å². The van der Waals surface area contributed by atoms with Crippen LogP contribution in [0.3, 0.4) is 0 Å². The summed E-state index contributed by atoms with van der Waals surface area (Å²) in [6, 6.07) is 14.1. The van der Waals surface area contributed by atoms with E-state index in [2.05, 4.69) is 12.6 Å². The summed E-state index contributed by atoms with van der Waals surface area (Å²) in [6.45, 7) is 1.90. The van der Waals surface area contributed by atoms with Crippen LogP contribution in [0.2, 0.25) is 5.02 Å². The second-order valence-electron chi connectivity index (χ2n) is 4.85. The number of hydrogen-bond acceptors (Lipinski definition) is 4. The van der Waals surface area contributed by atoms with Crippen molar-refractivity contribution >= 4 is 36.0 Å². The summed E-state index contributed by atoms with van der Waals surface area (Å²) in [5.74, 6) is -1.01. The number of esters is 1. The Hall–Kier alpha value is -1.31. The number of carbonyl (C=O) groups excluding carboxylic acids is 2. The molecule has 0 aliphatic rings. The van der Waals surface area contributed by atoms with Crippen molar-refractivity contribution in [2.75, 3.05) is 6.61 Å². The van der Waals surface area contributed by atoms with Crippen molar-refractivity contribution in [3.63, 3.8) is 0 Å². The standard InChI is InChI=1S/C18H16ClO3S.Li/c1-2-22-18(21)15(10-12-6-4-3-5-7-12)17(20)14-11-13(23)8-9-16(14)19;/h3-9,11,23H,2,10H2,1H3;/q-1;+1. The van der Waals surface area contributed by atoms with Crippen LogP contribution >= 0.6 is 24.2 Å². The predicted octanol–water partition coefficient (Wildman–Crippen LogP) is 1.20. The van der Waals surface area contributed by atoms with E-state index in [0.717, 1.165) is 5.56 Å². The van der Waals surface area contributed by atoms with Crippen molar-refractivity contribution in [2.45, 2.75) is 18.2 Å². The summed E-state index contributed by atoms with van der Waals surface area (Å²) >= 11 is 10.3. The third-order valence-corrected chi connectivity index (χ3v) is 3.82. The summed E-state index contributed by atoms with van der Waals surface area (Å²) in [6.07, 6.45) is 0.186. The average Bonchev–Trinajstić information content (AvgIpc) is 2.55. The molecule has 24 heavy (non-hydrogen) atoms. The number of rotatable bonds is 6. The summed E-state index contributed by atoms with van der Waals surface area (Å²) in [5.41, 5.74) is 1.10. The first-order valence-corrected chi connectivity index (χ1v) is 7.95. The number of halogens is 1. The van der Waals surface area contributed by atoms with E-state index in [1.165, 1.54) is 0 Å². The molecule has 0 amide bonds. The minimum absolute atomic E-state index is 0. The van der Waals surface area contributed by atoms with Crippen LogP contribution in [0.25, 0.3) is 0 Å². The van der Waals surface area contributed by atoms with Gasteiger partial charge in [-0.1, -0.05) is 60.4 Å². The smallest absolute Gasteiger partial charge is 0.476 e. The number of ether oxygens (including phenoxy) is 1. The summed E-state index contributed by atoms with van der Waals surface area (Å²) in [7, 11) is 0. The Morgan fingerprint density at radius 1 is 1.17 bits per heavy atom. The van der Waals surface area contributed by atoms with Crippen LogP contribution in [0.1, 0.15) is 22.8 Å². The van der Waals surface area contributed by atoms with Crippen molar-refractivity contribution in [1.82, 2.24) is 0 Å². The number of Topliss-reactive ketones (excluding diaryl/α,β-unsaturated/α-hetero) is 1. The van der Waals surface area contributed by atoms with Gasteiger partial charge in [-0.05, 0) is 16.8 Å². The second-order valence-corrected chi connectivity index (χ2v) is 5.78. The van der Waals surface area contributed by atoms with Gasteiger partial charge in [-0.3, -0.25) is 4.79 Å². The van der Waals surface area contributed by atoms with Gasteiger partial charge < -0.3 is 9.53 Å². The van der Waals surface area contributed by atoms with Crippen molar-refractivity contribution in [1.29, 1.82) is 0 Å². The molecule has 2 rings (SSSR count). The zero-order valence-electron chi connectivity index (χ0n) is 13.6. The molecule has 3 nitrogen and oxygen atoms in total. The first-order chi connectivity index (χ1) is 11.0. The van der Waals surface area contributed by atoms with Gasteiger partial charge in [-0.15, -0.1) is 35.9 Å². The monoisotopic (exact) mass is 354 g/mol. The van der Waals surface area contributed by atoms with Crippen molar-refractivity contribution < 1.29 is 33.2 Å². The van der Waals surface area contributed by atoms with Gasteiger partial charge >= 0.3 is 18.9 Å². The number of thiol groups is 1. The molecule has 0 fully saturated rings. The fourth-order valence-electron chi connectivity index (χ4n) is 2.11. The van der Waals surface area contributed by atoms with E-state index in [9.17, 15) is 9.59 Å². The maximum absolute atomic E-state index is 12.8. The Kier molecular flexibility index (Phi) is 8.51. The van der Waals surface area contributed by atoms with Crippen molar-refractivity contribution in [3.8, 4) is 0 Å². The van der Waals surface area contributed by atoms with Gasteiger partial charge in [0.1, 0.15) is 0 Å². The summed E-state index contributed by atoms with van der Waals surface area (Å²) in [4.78, 5) is 25.6. The van der Waals surface area contributed by atoms with Gasteiger partial charge in [0.25, 0.3) is 5.97 Å². The zero-order valence-corrected chi connectivity index (χ0v) is 15.2. The molecule has 6 heteroatoms. The van der Waals surface area contributed by atoms with Gasteiger partial charge in [0.2, 0.25) is 0 Å². The maximum Gasteiger partial charge on any atom is 1.00 e. The minimum Gasteiger partial charge on any atom is -0.476 e. The van der Waals surface area contributed by atoms with E-state index in [-0.39, 0.29) is 48.4 Å². The van der Waals surface area contributed by atoms with Crippen LogP contribution in [-0.2, 0) is 16.0 Å². The molecule has 0 saturated carbocycles. The molecule has 0 heterocycles. The molecule has 0 radical (unpaired) electrons. The molecular formula is C18H16ClLiO3S. The topological polar surface area (TPSA) is 43.4 Å². The largest absolute Gasteiger partial charge is 1.00 e. The molecule has 120 valence electrons. The van der Waals surface area contributed by atoms with Crippen LogP contribution in [0.15, 0.2) is 53.4 Å². The molecule has 0 saturated heterocycles. The van der Waals surface area contributed by atoms with E-state index in [0.29, 0.717) is 4.90 Å². The molecule has 0 atom stereocenters. The molecule has 0 spiro atoms. The number of carbonyl (C=O) groups is 2. The quantitative estimate of drug-likeness (QED) is 0.212. The fraction of sp³-hybridized carbons (Fsp3) is 0.167. The fourth-order valence-corrected chi connectivity index (χ4v) is 2.52. The molecule has 0 bridgehead atoms. The summed E-state index contributed by atoms with van der Waals surface area (Å²) in [5, 5.41) is 0.280. The van der Waals surface area contributed by atoms with Crippen LogP contribution in [-0.4, -0.2) is 18.4 Å². The van der Waals surface area contributed by atoms with E-state index >= 15 is 0 Å². The van der Waals surface area contributed by atoms with Crippen LogP contribution in [0.5, 0.6) is 0 Å². The van der Waals surface area contributed by atoms with Crippen molar-refractivity contribution in [2.24, 2.45) is 0 Å². The Labute approximate surface area is 164 Å². The average molecular weight is 355 g/mol. The first-order valence-electron chi connectivity index (χ1n) is 7.13. The minimum atomic E-state index is -0.623. The maximum atomic E-state index is 12.8. The van der Waals surface area contributed by atoms with Gasteiger partial charge in [-0.25, -0.2) is 0 Å².